The Labute approximate surface area is 160 Å². The van der Waals surface area contributed by atoms with Crippen LogP contribution in [0.2, 0.25) is 0 Å². The lowest BCUT2D eigenvalue weighted by molar-refractivity contribution is -0.123. The smallest absolute Gasteiger partial charge is 0.224 e. The Morgan fingerprint density at radius 2 is 2.15 bits per heavy atom. The third-order valence-corrected chi connectivity index (χ3v) is 5.94. The first-order valence-corrected chi connectivity index (χ1v) is 9.80. The van der Waals surface area contributed by atoms with Crippen LogP contribution in [0.25, 0.3) is 0 Å². The molecule has 1 aromatic heterocycles. The number of pyridine rings is 1. The Kier molecular flexibility index (Phi) is 5.12. The number of aromatic nitrogens is 1. The Morgan fingerprint density at radius 3 is 2.93 bits per heavy atom. The van der Waals surface area contributed by atoms with E-state index in [1.807, 2.05) is 49.4 Å². The highest BCUT2D eigenvalue weighted by atomic mass is 16.5. The van der Waals surface area contributed by atoms with Crippen molar-refractivity contribution in [1.82, 2.24) is 15.6 Å². The summed E-state index contributed by atoms with van der Waals surface area (Å²) in [4.78, 5) is 17.0. The van der Waals surface area contributed by atoms with Gasteiger partial charge in [0, 0.05) is 12.1 Å². The molecule has 142 valence electrons. The van der Waals surface area contributed by atoms with Crippen molar-refractivity contribution < 1.29 is 9.53 Å². The summed E-state index contributed by atoms with van der Waals surface area (Å²) in [6.45, 7) is 4.54. The number of amides is 1. The van der Waals surface area contributed by atoms with Crippen LogP contribution in [0.1, 0.15) is 43.5 Å². The zero-order chi connectivity index (χ0) is 18.7. The molecule has 1 aliphatic carbocycles. The zero-order valence-electron chi connectivity index (χ0n) is 15.8. The average Bonchev–Trinajstić information content (AvgIpc) is 3.41. The molecule has 1 saturated carbocycles. The van der Waals surface area contributed by atoms with Gasteiger partial charge in [-0.1, -0.05) is 18.2 Å². The SMILES string of the molecule is CC(NC(=O)C1CC12CCNCC2)c1cccc(OCc2ccccn2)c1. The van der Waals surface area contributed by atoms with Gasteiger partial charge in [0.1, 0.15) is 12.4 Å². The van der Waals surface area contributed by atoms with E-state index in [0.29, 0.717) is 6.61 Å². The zero-order valence-corrected chi connectivity index (χ0v) is 15.8. The monoisotopic (exact) mass is 365 g/mol. The molecule has 0 bridgehead atoms. The molecule has 2 aromatic rings. The molecule has 1 saturated heterocycles. The molecule has 2 heterocycles. The number of nitrogens with one attached hydrogen (secondary N) is 2. The summed E-state index contributed by atoms with van der Waals surface area (Å²) in [5.41, 5.74) is 2.22. The van der Waals surface area contributed by atoms with Crippen LogP contribution in [0.3, 0.4) is 0 Å². The number of carbonyl (C=O) groups is 1. The predicted octanol–water partition coefficient (Wildman–Crippen LogP) is 3.23. The van der Waals surface area contributed by atoms with E-state index in [4.69, 9.17) is 4.74 Å². The summed E-state index contributed by atoms with van der Waals surface area (Å²) < 4.78 is 5.86. The maximum absolute atomic E-state index is 12.7. The van der Waals surface area contributed by atoms with Gasteiger partial charge in [0.2, 0.25) is 5.91 Å². The van der Waals surface area contributed by atoms with Crippen LogP contribution in [0.15, 0.2) is 48.7 Å². The van der Waals surface area contributed by atoms with E-state index in [-0.39, 0.29) is 23.3 Å². The Morgan fingerprint density at radius 1 is 1.30 bits per heavy atom. The number of nitrogens with zero attached hydrogens (tertiary/aromatic N) is 1. The Hall–Kier alpha value is -2.40. The summed E-state index contributed by atoms with van der Waals surface area (Å²) in [7, 11) is 0. The number of benzene rings is 1. The van der Waals surface area contributed by atoms with Crippen LogP contribution in [0.4, 0.5) is 0 Å². The fraction of sp³-hybridized carbons (Fsp3) is 0.455. The minimum absolute atomic E-state index is 0.0322. The van der Waals surface area contributed by atoms with Crippen molar-refractivity contribution >= 4 is 5.91 Å². The highest BCUT2D eigenvalue weighted by molar-refractivity contribution is 5.83. The highest BCUT2D eigenvalue weighted by Crippen LogP contribution is 2.58. The van der Waals surface area contributed by atoms with Crippen LogP contribution in [-0.4, -0.2) is 24.0 Å². The fourth-order valence-electron chi connectivity index (χ4n) is 4.11. The van der Waals surface area contributed by atoms with E-state index in [0.717, 1.165) is 49.4 Å². The lowest BCUT2D eigenvalue weighted by atomic mass is 9.91. The number of carbonyl (C=O) groups excluding carboxylic acids is 1. The molecule has 2 aliphatic rings. The van der Waals surface area contributed by atoms with Crippen LogP contribution < -0.4 is 15.4 Å². The number of ether oxygens (including phenoxy) is 1. The fourth-order valence-corrected chi connectivity index (χ4v) is 4.11. The molecule has 4 rings (SSSR count). The Bertz CT molecular complexity index is 787. The molecule has 27 heavy (non-hydrogen) atoms. The van der Waals surface area contributed by atoms with Crippen molar-refractivity contribution in [3.63, 3.8) is 0 Å². The second kappa shape index (κ2) is 7.69. The minimum Gasteiger partial charge on any atom is -0.487 e. The van der Waals surface area contributed by atoms with Crippen LogP contribution >= 0.6 is 0 Å². The lowest BCUT2D eigenvalue weighted by Crippen LogP contribution is -2.34. The molecule has 2 unspecified atom stereocenters. The molecule has 1 amide bonds. The summed E-state index contributed by atoms with van der Waals surface area (Å²) in [5.74, 6) is 1.18. The molecule has 5 nitrogen and oxygen atoms in total. The van der Waals surface area contributed by atoms with Gasteiger partial charge in [0.05, 0.1) is 11.7 Å². The van der Waals surface area contributed by atoms with Crippen molar-refractivity contribution in [2.45, 2.75) is 38.8 Å². The molecule has 1 aromatic carbocycles. The summed E-state index contributed by atoms with van der Waals surface area (Å²) in [6, 6.07) is 13.7. The molecule has 1 spiro atoms. The summed E-state index contributed by atoms with van der Waals surface area (Å²) in [5, 5.41) is 6.59. The van der Waals surface area contributed by atoms with E-state index in [2.05, 4.69) is 15.6 Å². The van der Waals surface area contributed by atoms with E-state index >= 15 is 0 Å². The molecule has 1 aliphatic heterocycles. The number of piperidine rings is 1. The molecular weight excluding hydrogens is 338 g/mol. The van der Waals surface area contributed by atoms with Crippen LogP contribution in [-0.2, 0) is 11.4 Å². The minimum atomic E-state index is -0.0322. The average molecular weight is 365 g/mol. The normalized spacial score (nSPS) is 21.4. The first kappa shape index (κ1) is 18.0. The molecule has 2 fully saturated rings. The maximum Gasteiger partial charge on any atom is 0.224 e. The first-order valence-electron chi connectivity index (χ1n) is 9.80. The second-order valence-electron chi connectivity index (χ2n) is 7.78. The number of hydrogen-bond acceptors (Lipinski definition) is 4. The third-order valence-electron chi connectivity index (χ3n) is 5.94. The van der Waals surface area contributed by atoms with Crippen molar-refractivity contribution in [2.24, 2.45) is 11.3 Å². The van der Waals surface area contributed by atoms with Crippen molar-refractivity contribution in [3.8, 4) is 5.75 Å². The van der Waals surface area contributed by atoms with E-state index in [1.165, 1.54) is 0 Å². The van der Waals surface area contributed by atoms with Crippen LogP contribution in [0.5, 0.6) is 5.75 Å². The quantitative estimate of drug-likeness (QED) is 0.825. The molecular formula is C22H27N3O2. The van der Waals surface area contributed by atoms with Gasteiger partial charge in [-0.25, -0.2) is 0 Å². The second-order valence-corrected chi connectivity index (χ2v) is 7.78. The van der Waals surface area contributed by atoms with E-state index in [9.17, 15) is 4.79 Å². The van der Waals surface area contributed by atoms with Gasteiger partial charge >= 0.3 is 0 Å². The molecule has 5 heteroatoms. The van der Waals surface area contributed by atoms with E-state index in [1.54, 1.807) is 6.20 Å². The largest absolute Gasteiger partial charge is 0.487 e. The molecule has 2 N–H and O–H groups in total. The Balaban J connectivity index is 1.33. The number of hydrogen-bond donors (Lipinski definition) is 2. The predicted molar refractivity (Wildman–Crippen MR) is 104 cm³/mol. The van der Waals surface area contributed by atoms with Crippen molar-refractivity contribution in [2.75, 3.05) is 13.1 Å². The topological polar surface area (TPSA) is 63.2 Å². The first-order chi connectivity index (χ1) is 13.2. The summed E-state index contributed by atoms with van der Waals surface area (Å²) in [6.07, 6.45) is 5.05. The molecule has 0 radical (unpaired) electrons. The summed E-state index contributed by atoms with van der Waals surface area (Å²) >= 11 is 0. The van der Waals surface area contributed by atoms with Crippen LogP contribution in [0, 0.1) is 11.3 Å². The van der Waals surface area contributed by atoms with Gasteiger partial charge in [-0.15, -0.1) is 0 Å². The van der Waals surface area contributed by atoms with Gasteiger partial charge in [0.15, 0.2) is 0 Å². The van der Waals surface area contributed by atoms with Crippen molar-refractivity contribution in [1.29, 1.82) is 0 Å². The van der Waals surface area contributed by atoms with E-state index < -0.39 is 0 Å². The molecule has 2 atom stereocenters. The van der Waals surface area contributed by atoms with Gasteiger partial charge in [0.25, 0.3) is 0 Å². The third kappa shape index (κ3) is 4.14. The highest BCUT2D eigenvalue weighted by Gasteiger charge is 2.57. The van der Waals surface area contributed by atoms with Gasteiger partial charge in [-0.3, -0.25) is 9.78 Å². The van der Waals surface area contributed by atoms with Gasteiger partial charge in [-0.2, -0.15) is 0 Å². The van der Waals surface area contributed by atoms with Gasteiger partial charge in [-0.05, 0) is 74.5 Å². The lowest BCUT2D eigenvalue weighted by Gasteiger charge is -2.24. The number of rotatable bonds is 6. The maximum atomic E-state index is 12.7. The standard InChI is InChI=1S/C22H27N3O2/c1-16(25-21(26)20-14-22(20)8-11-23-12-9-22)17-5-4-7-19(13-17)27-15-18-6-2-3-10-24-18/h2-7,10,13,16,20,23H,8-9,11-12,14-15H2,1H3,(H,25,26). The van der Waals surface area contributed by atoms with Gasteiger partial charge < -0.3 is 15.4 Å². The van der Waals surface area contributed by atoms with Crippen molar-refractivity contribution in [3.05, 3.63) is 59.9 Å².